The van der Waals surface area contributed by atoms with Crippen LogP contribution in [0.5, 0.6) is 11.5 Å². The summed E-state index contributed by atoms with van der Waals surface area (Å²) in [5.41, 5.74) is 1.31. The quantitative estimate of drug-likeness (QED) is 0.431. The first-order chi connectivity index (χ1) is 9.24. The van der Waals surface area contributed by atoms with Gasteiger partial charge in [0.25, 0.3) is 0 Å². The summed E-state index contributed by atoms with van der Waals surface area (Å²) in [6, 6.07) is 14.9. The Morgan fingerprint density at radius 2 is 1.63 bits per heavy atom. The number of benzene rings is 2. The standard InChI is InChI=1S/C15H17NO2S/c17-13-8-14(18)10-15(9-13)19-11-16-7-6-12-4-2-1-3-5-12/h1-5,8-10,16-18H,6-7,11H2. The molecule has 0 amide bonds. The maximum absolute atomic E-state index is 9.35. The first-order valence-corrected chi connectivity index (χ1v) is 7.13. The van der Waals surface area contributed by atoms with Crippen molar-refractivity contribution in [2.75, 3.05) is 12.4 Å². The van der Waals surface area contributed by atoms with Crippen molar-refractivity contribution < 1.29 is 10.2 Å². The molecule has 0 heterocycles. The molecule has 0 aliphatic heterocycles. The Labute approximate surface area is 117 Å². The Balaban J connectivity index is 1.69. The normalized spacial score (nSPS) is 10.5. The highest BCUT2D eigenvalue weighted by Gasteiger charge is 1.99. The van der Waals surface area contributed by atoms with Crippen molar-refractivity contribution in [3.8, 4) is 11.5 Å². The third-order valence-electron chi connectivity index (χ3n) is 2.65. The van der Waals surface area contributed by atoms with Crippen LogP contribution in [0.4, 0.5) is 0 Å². The summed E-state index contributed by atoms with van der Waals surface area (Å²) >= 11 is 1.55. The predicted molar refractivity (Wildman–Crippen MR) is 78.6 cm³/mol. The van der Waals surface area contributed by atoms with E-state index < -0.39 is 0 Å². The van der Waals surface area contributed by atoms with Gasteiger partial charge in [-0.2, -0.15) is 0 Å². The Bertz CT molecular complexity index is 497. The molecule has 0 bridgehead atoms. The van der Waals surface area contributed by atoms with E-state index in [-0.39, 0.29) is 11.5 Å². The van der Waals surface area contributed by atoms with Gasteiger partial charge in [-0.1, -0.05) is 30.3 Å². The molecule has 0 saturated heterocycles. The number of nitrogens with one attached hydrogen (secondary N) is 1. The zero-order valence-corrected chi connectivity index (χ0v) is 11.4. The lowest BCUT2D eigenvalue weighted by Gasteiger charge is -2.06. The fourth-order valence-corrected chi connectivity index (χ4v) is 2.56. The Morgan fingerprint density at radius 3 is 2.32 bits per heavy atom. The number of hydrogen-bond acceptors (Lipinski definition) is 4. The third kappa shape index (κ3) is 4.85. The summed E-state index contributed by atoms with van der Waals surface area (Å²) in [5, 5.41) is 22.0. The second-order valence-electron chi connectivity index (χ2n) is 4.21. The van der Waals surface area contributed by atoms with Gasteiger partial charge >= 0.3 is 0 Å². The van der Waals surface area contributed by atoms with Crippen LogP contribution in [0.15, 0.2) is 53.4 Å². The Kier molecular flexibility index (Phi) is 5.12. The molecular weight excluding hydrogens is 258 g/mol. The molecule has 19 heavy (non-hydrogen) atoms. The molecule has 0 aromatic heterocycles. The molecule has 2 aromatic rings. The van der Waals surface area contributed by atoms with Crippen LogP contribution in [-0.4, -0.2) is 22.6 Å². The summed E-state index contributed by atoms with van der Waals surface area (Å²) < 4.78 is 0. The van der Waals surface area contributed by atoms with Crippen LogP contribution in [0.1, 0.15) is 5.56 Å². The highest BCUT2D eigenvalue weighted by atomic mass is 32.2. The molecule has 0 aliphatic carbocycles. The van der Waals surface area contributed by atoms with Gasteiger partial charge in [0, 0.05) is 16.8 Å². The molecule has 3 N–H and O–H groups in total. The van der Waals surface area contributed by atoms with Gasteiger partial charge in [-0.25, -0.2) is 0 Å². The minimum absolute atomic E-state index is 0.0896. The van der Waals surface area contributed by atoms with E-state index in [9.17, 15) is 10.2 Å². The van der Waals surface area contributed by atoms with E-state index in [1.807, 2.05) is 18.2 Å². The monoisotopic (exact) mass is 275 g/mol. The molecule has 0 aliphatic rings. The fourth-order valence-electron chi connectivity index (χ4n) is 1.74. The van der Waals surface area contributed by atoms with E-state index in [1.54, 1.807) is 23.9 Å². The van der Waals surface area contributed by atoms with Crippen LogP contribution in [0.3, 0.4) is 0 Å². The zero-order valence-electron chi connectivity index (χ0n) is 10.5. The van der Waals surface area contributed by atoms with Gasteiger partial charge in [0.2, 0.25) is 0 Å². The topological polar surface area (TPSA) is 52.5 Å². The van der Waals surface area contributed by atoms with Crippen molar-refractivity contribution in [1.82, 2.24) is 5.32 Å². The van der Waals surface area contributed by atoms with Gasteiger partial charge in [-0.3, -0.25) is 0 Å². The predicted octanol–water partition coefficient (Wildman–Crippen LogP) is 2.98. The molecule has 2 aromatic carbocycles. The summed E-state index contributed by atoms with van der Waals surface area (Å²) in [4.78, 5) is 0.852. The molecule has 0 unspecified atom stereocenters. The van der Waals surface area contributed by atoms with Crippen molar-refractivity contribution >= 4 is 11.8 Å². The van der Waals surface area contributed by atoms with Crippen LogP contribution in [0, 0.1) is 0 Å². The van der Waals surface area contributed by atoms with Crippen molar-refractivity contribution in [3.05, 3.63) is 54.1 Å². The van der Waals surface area contributed by atoms with Gasteiger partial charge in [-0.05, 0) is 30.7 Å². The van der Waals surface area contributed by atoms with Gasteiger partial charge in [0.15, 0.2) is 0 Å². The first kappa shape index (κ1) is 13.8. The summed E-state index contributed by atoms with van der Waals surface area (Å²) in [5.74, 6) is 0.925. The molecule has 2 rings (SSSR count). The number of thioether (sulfide) groups is 1. The molecule has 0 atom stereocenters. The van der Waals surface area contributed by atoms with E-state index >= 15 is 0 Å². The van der Waals surface area contributed by atoms with Crippen LogP contribution >= 0.6 is 11.8 Å². The minimum atomic E-state index is 0.0896. The second-order valence-corrected chi connectivity index (χ2v) is 5.26. The maximum Gasteiger partial charge on any atom is 0.120 e. The van der Waals surface area contributed by atoms with E-state index in [1.165, 1.54) is 11.6 Å². The Morgan fingerprint density at radius 1 is 0.947 bits per heavy atom. The van der Waals surface area contributed by atoms with Crippen molar-refractivity contribution in [1.29, 1.82) is 0 Å². The van der Waals surface area contributed by atoms with E-state index in [0.29, 0.717) is 0 Å². The Hall–Kier alpha value is -1.65. The molecule has 0 radical (unpaired) electrons. The van der Waals surface area contributed by atoms with Gasteiger partial charge < -0.3 is 15.5 Å². The zero-order chi connectivity index (χ0) is 13.5. The average molecular weight is 275 g/mol. The SMILES string of the molecule is Oc1cc(O)cc(SCNCCc2ccccc2)c1. The molecule has 0 saturated carbocycles. The lowest BCUT2D eigenvalue weighted by Crippen LogP contribution is -2.16. The van der Waals surface area contributed by atoms with Crippen LogP contribution < -0.4 is 5.32 Å². The molecule has 0 fully saturated rings. The number of phenolic OH excluding ortho intramolecular Hbond substituents is 2. The number of rotatable bonds is 6. The summed E-state index contributed by atoms with van der Waals surface area (Å²) in [6.45, 7) is 0.905. The lowest BCUT2D eigenvalue weighted by atomic mass is 10.2. The van der Waals surface area contributed by atoms with E-state index in [4.69, 9.17) is 0 Å². The summed E-state index contributed by atoms with van der Waals surface area (Å²) in [7, 11) is 0. The highest BCUT2D eigenvalue weighted by Crippen LogP contribution is 2.27. The molecule has 4 heteroatoms. The average Bonchev–Trinajstić information content (AvgIpc) is 2.38. The number of phenols is 2. The first-order valence-electron chi connectivity index (χ1n) is 6.14. The van der Waals surface area contributed by atoms with E-state index in [0.717, 1.165) is 23.7 Å². The van der Waals surface area contributed by atoms with Crippen LogP contribution in [0.2, 0.25) is 0 Å². The van der Waals surface area contributed by atoms with Gasteiger partial charge in [-0.15, -0.1) is 11.8 Å². The molecule has 3 nitrogen and oxygen atoms in total. The van der Waals surface area contributed by atoms with Gasteiger partial charge in [0.1, 0.15) is 11.5 Å². The van der Waals surface area contributed by atoms with Crippen molar-refractivity contribution in [3.63, 3.8) is 0 Å². The lowest BCUT2D eigenvalue weighted by molar-refractivity contribution is 0.448. The number of aromatic hydroxyl groups is 2. The molecule has 100 valence electrons. The van der Waals surface area contributed by atoms with Crippen LogP contribution in [0.25, 0.3) is 0 Å². The van der Waals surface area contributed by atoms with Gasteiger partial charge in [0.05, 0.1) is 0 Å². The smallest absolute Gasteiger partial charge is 0.120 e. The van der Waals surface area contributed by atoms with Crippen molar-refractivity contribution in [2.45, 2.75) is 11.3 Å². The number of hydrogen-bond donors (Lipinski definition) is 3. The molecule has 0 spiro atoms. The molecular formula is C15H17NO2S. The fraction of sp³-hybridized carbons (Fsp3) is 0.200. The highest BCUT2D eigenvalue weighted by molar-refractivity contribution is 7.99. The van der Waals surface area contributed by atoms with Crippen molar-refractivity contribution in [2.24, 2.45) is 0 Å². The van der Waals surface area contributed by atoms with Crippen LogP contribution in [-0.2, 0) is 6.42 Å². The maximum atomic E-state index is 9.35. The van der Waals surface area contributed by atoms with E-state index in [2.05, 4.69) is 17.4 Å². The third-order valence-corrected chi connectivity index (χ3v) is 3.57. The largest absolute Gasteiger partial charge is 0.508 e. The second kappa shape index (κ2) is 7.07. The minimum Gasteiger partial charge on any atom is -0.508 e. The summed E-state index contributed by atoms with van der Waals surface area (Å²) in [6.07, 6.45) is 0.993.